The predicted molar refractivity (Wildman–Crippen MR) is 61.6 cm³/mol. The Labute approximate surface area is 104 Å². The van der Waals surface area contributed by atoms with E-state index in [1.807, 2.05) is 0 Å². The van der Waals surface area contributed by atoms with Crippen molar-refractivity contribution in [3.8, 4) is 0 Å². The number of hydrogen-bond donors (Lipinski definition) is 0. The van der Waals surface area contributed by atoms with Crippen LogP contribution in [0.15, 0.2) is 18.3 Å². The van der Waals surface area contributed by atoms with Gasteiger partial charge in [0.05, 0.1) is 10.5 Å². The smallest absolute Gasteiger partial charge is 0.251 e. The second kappa shape index (κ2) is 4.53. The summed E-state index contributed by atoms with van der Waals surface area (Å²) < 4.78 is 60.7. The molecule has 0 amide bonds. The number of alkyl halides is 3. The van der Waals surface area contributed by atoms with Gasteiger partial charge in [-0.1, -0.05) is 6.07 Å². The Hall–Kier alpha value is -1.11. The lowest BCUT2D eigenvalue weighted by molar-refractivity contribution is -0.141. The molecule has 102 valence electrons. The van der Waals surface area contributed by atoms with Gasteiger partial charge in [0.25, 0.3) is 0 Å². The zero-order valence-electron chi connectivity index (χ0n) is 10.2. The van der Waals surface area contributed by atoms with Gasteiger partial charge in [-0.15, -0.1) is 0 Å². The monoisotopic (exact) mass is 281 g/mol. The number of pyridine rings is 1. The summed E-state index contributed by atoms with van der Waals surface area (Å²) in [5, 5.41) is 0. The highest BCUT2D eigenvalue weighted by molar-refractivity contribution is 7.91. The van der Waals surface area contributed by atoms with Crippen molar-refractivity contribution in [1.82, 2.24) is 4.98 Å². The lowest BCUT2D eigenvalue weighted by Gasteiger charge is -2.20. The molecule has 0 aromatic carbocycles. The number of aromatic nitrogens is 1. The zero-order valence-corrected chi connectivity index (χ0v) is 11.1. The quantitative estimate of drug-likeness (QED) is 0.837. The van der Waals surface area contributed by atoms with E-state index in [4.69, 9.17) is 0 Å². The normalized spacial score (nSPS) is 13.7. The van der Waals surface area contributed by atoms with Crippen molar-refractivity contribution >= 4 is 9.84 Å². The molecular weight excluding hydrogens is 267 g/mol. The molecule has 0 unspecified atom stereocenters. The molecule has 0 radical (unpaired) electrons. The molecule has 0 atom stereocenters. The molecule has 1 heterocycles. The van der Waals surface area contributed by atoms with Crippen LogP contribution in [0.4, 0.5) is 13.2 Å². The Bertz CT molecular complexity index is 530. The highest BCUT2D eigenvalue weighted by atomic mass is 32.2. The van der Waals surface area contributed by atoms with E-state index in [9.17, 15) is 21.6 Å². The van der Waals surface area contributed by atoms with Gasteiger partial charge < -0.3 is 0 Å². The molecule has 0 N–H and O–H groups in total. The predicted octanol–water partition coefficient (Wildman–Crippen LogP) is 2.81. The Kier molecular flexibility index (Phi) is 3.76. The van der Waals surface area contributed by atoms with E-state index in [-0.39, 0.29) is 5.56 Å². The van der Waals surface area contributed by atoms with E-state index in [2.05, 4.69) is 4.98 Å². The Morgan fingerprint density at radius 3 is 2.22 bits per heavy atom. The summed E-state index contributed by atoms with van der Waals surface area (Å²) >= 11 is 0. The highest BCUT2D eigenvalue weighted by Crippen LogP contribution is 2.32. The first-order valence-corrected chi connectivity index (χ1v) is 6.84. The summed E-state index contributed by atoms with van der Waals surface area (Å²) in [5.41, 5.74) is -1.46. The van der Waals surface area contributed by atoms with Crippen molar-refractivity contribution in [2.24, 2.45) is 0 Å². The van der Waals surface area contributed by atoms with E-state index in [0.717, 1.165) is 12.3 Å². The fourth-order valence-electron chi connectivity index (χ4n) is 1.23. The van der Waals surface area contributed by atoms with Gasteiger partial charge in [-0.3, -0.25) is 4.98 Å². The summed E-state index contributed by atoms with van der Waals surface area (Å²) in [7, 11) is -3.67. The first-order valence-electron chi connectivity index (χ1n) is 5.18. The summed E-state index contributed by atoms with van der Waals surface area (Å²) in [5.74, 6) is -0.667. The minimum absolute atomic E-state index is 0.320. The summed E-state index contributed by atoms with van der Waals surface area (Å²) in [4.78, 5) is 3.23. The van der Waals surface area contributed by atoms with E-state index >= 15 is 0 Å². The van der Waals surface area contributed by atoms with Crippen LogP contribution >= 0.6 is 0 Å². The van der Waals surface area contributed by atoms with Crippen LogP contribution in [-0.2, 0) is 21.8 Å². The van der Waals surface area contributed by atoms with E-state index < -0.39 is 32.2 Å². The number of halogens is 3. The van der Waals surface area contributed by atoms with Crippen molar-refractivity contribution in [3.63, 3.8) is 0 Å². The largest absolute Gasteiger partial charge is 0.433 e. The number of sulfone groups is 1. The number of rotatable bonds is 2. The molecule has 1 aromatic heterocycles. The maximum absolute atomic E-state index is 12.7. The third-order valence-electron chi connectivity index (χ3n) is 2.44. The highest BCUT2D eigenvalue weighted by Gasteiger charge is 2.38. The maximum atomic E-state index is 12.7. The van der Waals surface area contributed by atoms with Crippen molar-refractivity contribution in [2.45, 2.75) is 37.4 Å². The minimum atomic E-state index is -4.65. The topological polar surface area (TPSA) is 47.0 Å². The fourth-order valence-corrected chi connectivity index (χ4v) is 2.31. The molecule has 0 aliphatic heterocycles. The standard InChI is InChI=1S/C11H14F3NO2S/c1-10(2,3)18(16,17)7-8-5-4-6-15-9(8)11(12,13)14/h4-6H,7H2,1-3H3. The van der Waals surface area contributed by atoms with Crippen molar-refractivity contribution in [2.75, 3.05) is 0 Å². The Morgan fingerprint density at radius 2 is 1.78 bits per heavy atom. The average molecular weight is 281 g/mol. The lowest BCUT2D eigenvalue weighted by atomic mass is 10.2. The maximum Gasteiger partial charge on any atom is 0.433 e. The lowest BCUT2D eigenvalue weighted by Crippen LogP contribution is -2.30. The molecule has 18 heavy (non-hydrogen) atoms. The Morgan fingerprint density at radius 1 is 1.22 bits per heavy atom. The van der Waals surface area contributed by atoms with Gasteiger partial charge in [0, 0.05) is 6.20 Å². The third-order valence-corrected chi connectivity index (χ3v) is 5.00. The molecule has 0 saturated carbocycles. The minimum Gasteiger partial charge on any atom is -0.251 e. The van der Waals surface area contributed by atoms with Gasteiger partial charge >= 0.3 is 6.18 Å². The molecule has 1 rings (SSSR count). The van der Waals surface area contributed by atoms with Gasteiger partial charge in [0.2, 0.25) is 0 Å². The van der Waals surface area contributed by atoms with E-state index in [1.165, 1.54) is 26.8 Å². The fraction of sp³-hybridized carbons (Fsp3) is 0.545. The second-order valence-corrected chi connectivity index (χ2v) is 7.62. The first kappa shape index (κ1) is 14.9. The second-order valence-electron chi connectivity index (χ2n) is 4.88. The molecule has 3 nitrogen and oxygen atoms in total. The van der Waals surface area contributed by atoms with E-state index in [0.29, 0.717) is 0 Å². The summed E-state index contributed by atoms with van der Waals surface area (Å²) in [6.07, 6.45) is -3.65. The molecule has 0 bridgehead atoms. The van der Waals surface area contributed by atoms with E-state index in [1.54, 1.807) is 0 Å². The van der Waals surface area contributed by atoms with Crippen molar-refractivity contribution in [3.05, 3.63) is 29.6 Å². The molecule has 0 saturated heterocycles. The number of nitrogens with zero attached hydrogens (tertiary/aromatic N) is 1. The van der Waals surface area contributed by atoms with Crippen LogP contribution in [0.5, 0.6) is 0 Å². The van der Waals surface area contributed by atoms with Crippen LogP contribution < -0.4 is 0 Å². The molecule has 0 aliphatic carbocycles. The van der Waals surface area contributed by atoms with Gasteiger partial charge in [0.15, 0.2) is 9.84 Å². The molecular formula is C11H14F3NO2S. The zero-order chi connectivity index (χ0) is 14.2. The van der Waals surface area contributed by atoms with Crippen LogP contribution in [-0.4, -0.2) is 18.1 Å². The number of hydrogen-bond acceptors (Lipinski definition) is 3. The summed E-state index contributed by atoms with van der Waals surface area (Å²) in [6, 6.07) is 2.43. The molecule has 0 aliphatic rings. The van der Waals surface area contributed by atoms with Gasteiger partial charge in [0.1, 0.15) is 5.69 Å². The molecule has 0 spiro atoms. The van der Waals surface area contributed by atoms with Crippen LogP contribution in [0.3, 0.4) is 0 Å². The average Bonchev–Trinajstić information content (AvgIpc) is 2.14. The van der Waals surface area contributed by atoms with Crippen LogP contribution in [0.2, 0.25) is 0 Å². The van der Waals surface area contributed by atoms with Gasteiger partial charge in [-0.2, -0.15) is 13.2 Å². The van der Waals surface area contributed by atoms with Gasteiger partial charge in [-0.05, 0) is 32.4 Å². The Balaban J connectivity index is 3.22. The molecule has 0 fully saturated rings. The van der Waals surface area contributed by atoms with Crippen molar-refractivity contribution < 1.29 is 21.6 Å². The first-order chi connectivity index (χ1) is 7.95. The van der Waals surface area contributed by atoms with Crippen molar-refractivity contribution in [1.29, 1.82) is 0 Å². The van der Waals surface area contributed by atoms with Crippen LogP contribution in [0.25, 0.3) is 0 Å². The summed E-state index contributed by atoms with van der Waals surface area (Å²) in [6.45, 7) is 4.35. The van der Waals surface area contributed by atoms with Gasteiger partial charge in [-0.25, -0.2) is 8.42 Å². The molecule has 1 aromatic rings. The third kappa shape index (κ3) is 3.22. The molecule has 7 heteroatoms. The van der Waals surface area contributed by atoms with Crippen LogP contribution in [0.1, 0.15) is 32.0 Å². The SMILES string of the molecule is CC(C)(C)S(=O)(=O)Cc1cccnc1C(F)(F)F. The van der Waals surface area contributed by atoms with Crippen LogP contribution in [0, 0.1) is 0 Å².